The number of esters is 2. The average Bonchev–Trinajstić information content (AvgIpc) is 3.13. The number of aliphatic hydroxyl groups is 3. The fraction of sp³-hybridized carbons (Fsp3) is 0.325. The van der Waals surface area contributed by atoms with Gasteiger partial charge in [-0.2, -0.15) is 0 Å². The molecule has 3 N–H and O–H groups in total. The fourth-order valence-electron chi connectivity index (χ4n) is 4.81. The molecule has 3 aromatic rings. The van der Waals surface area contributed by atoms with Crippen molar-refractivity contribution in [1.29, 1.82) is 0 Å². The molecule has 3 unspecified atom stereocenters. The van der Waals surface area contributed by atoms with Crippen LogP contribution in [0.4, 0.5) is 0 Å². The summed E-state index contributed by atoms with van der Waals surface area (Å²) in [6, 6.07) is 16.9. The van der Waals surface area contributed by atoms with Gasteiger partial charge in [-0.15, -0.1) is 0 Å². The third-order valence-corrected chi connectivity index (χ3v) is 7.39. The first-order valence-corrected chi connectivity index (χ1v) is 16.5. The molecule has 0 saturated heterocycles. The van der Waals surface area contributed by atoms with Crippen LogP contribution in [-0.4, -0.2) is 91.2 Å². The lowest BCUT2D eigenvalue weighted by Gasteiger charge is -2.19. The van der Waals surface area contributed by atoms with Gasteiger partial charge in [0.05, 0.1) is 0 Å². The molecule has 0 spiro atoms. The average molecular weight is 719 g/mol. The highest BCUT2D eigenvalue weighted by Gasteiger charge is 2.17. The summed E-state index contributed by atoms with van der Waals surface area (Å²) in [6.45, 7) is 12.6. The SMILES string of the molecule is C=CC(=O)COC(O)COc1ccc(C)cc1Cc1cc(Cc2cc(C)ccc2OCC(O)COC(=O)C=C)ccc1OCC(O)COC(=O)C=C. The zero-order valence-corrected chi connectivity index (χ0v) is 29.5. The van der Waals surface area contributed by atoms with Crippen molar-refractivity contribution in [3.05, 3.63) is 126 Å². The first-order chi connectivity index (χ1) is 24.9. The molecule has 0 radical (unpaired) electrons. The van der Waals surface area contributed by atoms with Crippen LogP contribution in [0.5, 0.6) is 17.2 Å². The molecular formula is C40H46O12. The number of aryl methyl sites for hydroxylation is 2. The van der Waals surface area contributed by atoms with E-state index >= 15 is 0 Å². The molecule has 12 heteroatoms. The van der Waals surface area contributed by atoms with E-state index in [2.05, 4.69) is 19.7 Å². The van der Waals surface area contributed by atoms with Crippen molar-refractivity contribution in [2.45, 2.75) is 45.2 Å². The summed E-state index contributed by atoms with van der Waals surface area (Å²) >= 11 is 0. The highest BCUT2D eigenvalue weighted by Crippen LogP contribution is 2.31. The van der Waals surface area contributed by atoms with Crippen LogP contribution in [0, 0.1) is 13.8 Å². The van der Waals surface area contributed by atoms with Crippen LogP contribution in [-0.2, 0) is 41.4 Å². The van der Waals surface area contributed by atoms with Crippen LogP contribution < -0.4 is 14.2 Å². The number of ether oxygens (including phenoxy) is 6. The normalized spacial score (nSPS) is 12.5. The third kappa shape index (κ3) is 14.2. The predicted octanol–water partition coefficient (Wildman–Crippen LogP) is 3.89. The number of aliphatic hydroxyl groups excluding tert-OH is 3. The molecule has 0 aliphatic rings. The molecule has 3 atom stereocenters. The Morgan fingerprint density at radius 3 is 1.58 bits per heavy atom. The summed E-state index contributed by atoms with van der Waals surface area (Å²) in [5.74, 6) is -0.193. The first-order valence-electron chi connectivity index (χ1n) is 16.5. The summed E-state index contributed by atoms with van der Waals surface area (Å²) in [4.78, 5) is 34.3. The van der Waals surface area contributed by atoms with Crippen LogP contribution in [0.2, 0.25) is 0 Å². The van der Waals surface area contributed by atoms with Crippen LogP contribution in [0.15, 0.2) is 92.6 Å². The van der Waals surface area contributed by atoms with E-state index < -0.39 is 30.4 Å². The van der Waals surface area contributed by atoms with Gasteiger partial charge in [-0.25, -0.2) is 9.59 Å². The molecule has 0 bridgehead atoms. The van der Waals surface area contributed by atoms with Crippen LogP contribution in [0.25, 0.3) is 0 Å². The van der Waals surface area contributed by atoms with Crippen molar-refractivity contribution < 1.29 is 58.1 Å². The minimum Gasteiger partial charge on any atom is -0.490 e. The highest BCUT2D eigenvalue weighted by molar-refractivity contribution is 5.90. The first kappa shape index (κ1) is 41.2. The minimum atomic E-state index is -1.36. The van der Waals surface area contributed by atoms with E-state index in [9.17, 15) is 29.7 Å². The standard InChI is InChI=1S/C40H46O12/c1-6-32(41)20-52-40(46)25-49-36-13-10-27(5)16-30(36)19-31-18-28(11-14-37(31)48-22-34(43)24-51-39(45)8-3)17-29-15-26(4)9-12-35(29)47-21-33(42)23-50-38(44)7-2/h6-16,18,33-34,40,42-43,46H,1-3,17,19-25H2,4-5H3. The van der Waals surface area contributed by atoms with E-state index in [4.69, 9.17) is 28.4 Å². The maximum atomic E-state index is 11.5. The van der Waals surface area contributed by atoms with Gasteiger partial charge >= 0.3 is 11.9 Å². The van der Waals surface area contributed by atoms with Crippen molar-refractivity contribution >= 4 is 17.7 Å². The summed E-state index contributed by atoms with van der Waals surface area (Å²) in [5.41, 5.74) is 5.20. The zero-order valence-electron chi connectivity index (χ0n) is 29.5. The molecule has 0 aliphatic heterocycles. The summed E-state index contributed by atoms with van der Waals surface area (Å²) in [5, 5.41) is 30.9. The summed E-state index contributed by atoms with van der Waals surface area (Å²) in [7, 11) is 0. The molecular weight excluding hydrogens is 672 g/mol. The van der Waals surface area contributed by atoms with Gasteiger partial charge in [-0.3, -0.25) is 4.79 Å². The Balaban J connectivity index is 1.88. The van der Waals surface area contributed by atoms with E-state index in [-0.39, 0.29) is 45.4 Å². The molecule has 0 amide bonds. The predicted molar refractivity (Wildman–Crippen MR) is 192 cm³/mol. The maximum absolute atomic E-state index is 11.5. The monoisotopic (exact) mass is 718 g/mol. The second-order valence-corrected chi connectivity index (χ2v) is 11.9. The Morgan fingerprint density at radius 1 is 0.615 bits per heavy atom. The largest absolute Gasteiger partial charge is 0.490 e. The number of hydrogen-bond acceptors (Lipinski definition) is 12. The topological polar surface area (TPSA) is 167 Å². The zero-order chi connectivity index (χ0) is 38.0. The number of carbonyl (C=O) groups excluding carboxylic acids is 3. The highest BCUT2D eigenvalue weighted by atomic mass is 16.6. The van der Waals surface area contributed by atoms with E-state index in [1.807, 2.05) is 56.3 Å². The number of carbonyl (C=O) groups is 3. The number of benzene rings is 3. The molecule has 52 heavy (non-hydrogen) atoms. The minimum absolute atomic E-state index is 0.108. The van der Waals surface area contributed by atoms with Gasteiger partial charge in [-0.05, 0) is 60.4 Å². The van der Waals surface area contributed by atoms with E-state index in [0.717, 1.165) is 51.6 Å². The number of hydrogen-bond donors (Lipinski definition) is 3. The Bertz CT molecular complexity index is 1700. The molecule has 0 saturated carbocycles. The number of rotatable bonds is 23. The quantitative estimate of drug-likeness (QED) is 0.0737. The Morgan fingerprint density at radius 2 is 1.08 bits per heavy atom. The van der Waals surface area contributed by atoms with E-state index in [1.54, 1.807) is 12.1 Å². The van der Waals surface area contributed by atoms with Gasteiger partial charge in [-0.1, -0.05) is 67.3 Å². The van der Waals surface area contributed by atoms with Crippen LogP contribution in [0.3, 0.4) is 0 Å². The van der Waals surface area contributed by atoms with E-state index in [0.29, 0.717) is 30.1 Å². The fourth-order valence-corrected chi connectivity index (χ4v) is 4.81. The Kier molecular flexibility index (Phi) is 16.8. The second-order valence-electron chi connectivity index (χ2n) is 11.9. The molecule has 12 nitrogen and oxygen atoms in total. The lowest BCUT2D eigenvalue weighted by atomic mass is 9.96. The van der Waals surface area contributed by atoms with Crippen LogP contribution >= 0.6 is 0 Å². The Labute approximate surface area is 303 Å². The van der Waals surface area contributed by atoms with E-state index in [1.165, 1.54) is 0 Å². The molecule has 0 aromatic heterocycles. The number of ketones is 1. The maximum Gasteiger partial charge on any atom is 0.330 e. The lowest BCUT2D eigenvalue weighted by molar-refractivity contribution is -0.142. The van der Waals surface area contributed by atoms with Crippen molar-refractivity contribution in [1.82, 2.24) is 0 Å². The molecule has 3 rings (SSSR count). The van der Waals surface area contributed by atoms with Crippen molar-refractivity contribution in [3.8, 4) is 17.2 Å². The summed E-state index contributed by atoms with van der Waals surface area (Å²) < 4.78 is 32.9. The molecule has 278 valence electrons. The van der Waals surface area contributed by atoms with Crippen molar-refractivity contribution in [3.63, 3.8) is 0 Å². The van der Waals surface area contributed by atoms with Crippen molar-refractivity contribution in [2.24, 2.45) is 0 Å². The summed E-state index contributed by atoms with van der Waals surface area (Å²) in [6.07, 6.45) is 0.377. The lowest BCUT2D eigenvalue weighted by Crippen LogP contribution is -2.25. The molecule has 0 heterocycles. The van der Waals surface area contributed by atoms with Gasteiger partial charge in [0.2, 0.25) is 0 Å². The van der Waals surface area contributed by atoms with Gasteiger partial charge in [0.1, 0.15) is 69.1 Å². The van der Waals surface area contributed by atoms with Gasteiger partial charge < -0.3 is 43.7 Å². The molecule has 0 fully saturated rings. The Hall–Kier alpha value is -5.27. The smallest absolute Gasteiger partial charge is 0.330 e. The van der Waals surface area contributed by atoms with Gasteiger partial charge in [0, 0.05) is 25.0 Å². The van der Waals surface area contributed by atoms with Crippen molar-refractivity contribution in [2.75, 3.05) is 39.6 Å². The van der Waals surface area contributed by atoms with Gasteiger partial charge in [0.15, 0.2) is 12.1 Å². The second kappa shape index (κ2) is 21.2. The third-order valence-electron chi connectivity index (χ3n) is 7.39. The van der Waals surface area contributed by atoms with Crippen LogP contribution in [0.1, 0.15) is 33.4 Å². The molecule has 3 aromatic carbocycles. The van der Waals surface area contributed by atoms with Gasteiger partial charge in [0.25, 0.3) is 0 Å². The molecule has 0 aliphatic carbocycles.